The largest absolute Gasteiger partial charge is 0.461 e. The van der Waals surface area contributed by atoms with E-state index >= 15 is 0 Å². The molecule has 0 saturated carbocycles. The Bertz CT molecular complexity index is 386. The Morgan fingerprint density at radius 2 is 2.33 bits per heavy atom. The fourth-order valence-electron chi connectivity index (χ4n) is 0.901. The average Bonchev–Trinajstić information content (AvgIpc) is 2.47. The number of hydrogen-bond donors (Lipinski definition) is 2. The molecule has 7 heteroatoms. The summed E-state index contributed by atoms with van der Waals surface area (Å²) >= 11 is 0. The van der Waals surface area contributed by atoms with E-state index in [0.717, 1.165) is 6.20 Å². The van der Waals surface area contributed by atoms with Crippen molar-refractivity contribution in [3.63, 3.8) is 0 Å². The lowest BCUT2D eigenvalue weighted by Gasteiger charge is -1.91. The molecule has 0 bridgehead atoms. The van der Waals surface area contributed by atoms with Crippen LogP contribution < -0.4 is 5.73 Å². The summed E-state index contributed by atoms with van der Waals surface area (Å²) in [5, 5.41) is 17.0. The van der Waals surface area contributed by atoms with Gasteiger partial charge in [0, 0.05) is 0 Å². The maximum atomic E-state index is 9.98. The Balaban J connectivity index is 0.00000196. The smallest absolute Gasteiger partial charge is 0.238 e. The lowest BCUT2D eigenvalue weighted by molar-refractivity contribution is -0.401. The lowest BCUT2D eigenvalue weighted by Crippen LogP contribution is -2.11. The summed E-state index contributed by atoms with van der Waals surface area (Å²) in [5.41, 5.74) is 5.15. The SMILES string of the molecule is Br.N=C(N)Cc1ccc(/C=C/[N+](=O)[O-])o1. The Labute approximate surface area is 96.2 Å². The fraction of sp³-hybridized carbons (Fsp3) is 0.125. The first-order chi connectivity index (χ1) is 6.58. The number of rotatable bonds is 4. The molecule has 6 nitrogen and oxygen atoms in total. The number of halogens is 1. The molecule has 1 rings (SSSR count). The molecule has 0 spiro atoms. The Morgan fingerprint density at radius 3 is 2.87 bits per heavy atom. The third-order valence-corrected chi connectivity index (χ3v) is 1.41. The Hall–Kier alpha value is -1.63. The van der Waals surface area contributed by atoms with E-state index in [0.29, 0.717) is 11.5 Å². The molecule has 82 valence electrons. The van der Waals surface area contributed by atoms with E-state index in [2.05, 4.69) is 0 Å². The van der Waals surface area contributed by atoms with Gasteiger partial charge in [-0.1, -0.05) is 0 Å². The normalized spacial score (nSPS) is 9.87. The third kappa shape index (κ3) is 4.96. The van der Waals surface area contributed by atoms with Crippen LogP contribution in [0.5, 0.6) is 0 Å². The summed E-state index contributed by atoms with van der Waals surface area (Å²) in [4.78, 5) is 9.40. The van der Waals surface area contributed by atoms with Crippen molar-refractivity contribution >= 4 is 28.9 Å². The molecule has 0 radical (unpaired) electrons. The summed E-state index contributed by atoms with van der Waals surface area (Å²) in [6, 6.07) is 3.21. The highest BCUT2D eigenvalue weighted by atomic mass is 79.9. The van der Waals surface area contributed by atoms with Crippen molar-refractivity contribution in [3.8, 4) is 0 Å². The second kappa shape index (κ2) is 5.97. The van der Waals surface area contributed by atoms with Crippen molar-refractivity contribution < 1.29 is 9.34 Å². The van der Waals surface area contributed by atoms with Crippen LogP contribution in [0.15, 0.2) is 22.7 Å². The molecule has 0 unspecified atom stereocenters. The quantitative estimate of drug-likeness (QED) is 0.377. The second-order valence-electron chi connectivity index (χ2n) is 2.61. The van der Waals surface area contributed by atoms with Gasteiger partial charge >= 0.3 is 0 Å². The molecular weight excluding hydrogens is 266 g/mol. The van der Waals surface area contributed by atoms with Crippen molar-refractivity contribution in [3.05, 3.63) is 40.0 Å². The first-order valence-corrected chi connectivity index (χ1v) is 3.81. The van der Waals surface area contributed by atoms with Crippen LogP contribution in [0.25, 0.3) is 6.08 Å². The monoisotopic (exact) mass is 275 g/mol. The van der Waals surface area contributed by atoms with Crippen LogP contribution in [0.1, 0.15) is 11.5 Å². The number of nitrogens with two attached hydrogens (primary N) is 1. The summed E-state index contributed by atoms with van der Waals surface area (Å²) < 4.78 is 5.13. The van der Waals surface area contributed by atoms with Gasteiger partial charge in [0.15, 0.2) is 0 Å². The molecule has 0 aliphatic carbocycles. The predicted molar refractivity (Wildman–Crippen MR) is 60.7 cm³/mol. The van der Waals surface area contributed by atoms with Crippen LogP contribution in [0.3, 0.4) is 0 Å². The molecule has 0 atom stereocenters. The number of furan rings is 1. The van der Waals surface area contributed by atoms with Gasteiger partial charge in [-0.15, -0.1) is 17.0 Å². The van der Waals surface area contributed by atoms with Crippen LogP contribution in [0, 0.1) is 15.5 Å². The first kappa shape index (κ1) is 13.4. The van der Waals surface area contributed by atoms with Crippen molar-refractivity contribution in [2.75, 3.05) is 0 Å². The van der Waals surface area contributed by atoms with Gasteiger partial charge in [0.2, 0.25) is 6.20 Å². The summed E-state index contributed by atoms with van der Waals surface area (Å²) in [5.74, 6) is 0.877. The molecule has 1 aromatic heterocycles. The molecule has 1 heterocycles. The van der Waals surface area contributed by atoms with Crippen LogP contribution >= 0.6 is 17.0 Å². The van der Waals surface area contributed by atoms with E-state index < -0.39 is 4.92 Å². The summed E-state index contributed by atoms with van der Waals surface area (Å²) in [7, 11) is 0. The van der Waals surface area contributed by atoms with Gasteiger partial charge in [0.1, 0.15) is 11.5 Å². The van der Waals surface area contributed by atoms with Crippen molar-refractivity contribution in [1.82, 2.24) is 0 Å². The van der Waals surface area contributed by atoms with E-state index in [9.17, 15) is 10.1 Å². The van der Waals surface area contributed by atoms with E-state index in [1.54, 1.807) is 12.1 Å². The number of hydrogen-bond acceptors (Lipinski definition) is 4. The molecular formula is C8H10BrN3O3. The van der Waals surface area contributed by atoms with Gasteiger partial charge in [-0.25, -0.2) is 0 Å². The van der Waals surface area contributed by atoms with Crippen molar-refractivity contribution in [1.29, 1.82) is 5.41 Å². The van der Waals surface area contributed by atoms with Crippen LogP contribution in [0.4, 0.5) is 0 Å². The summed E-state index contributed by atoms with van der Waals surface area (Å²) in [6.45, 7) is 0. The maximum absolute atomic E-state index is 9.98. The molecule has 0 saturated heterocycles. The number of amidine groups is 1. The third-order valence-electron chi connectivity index (χ3n) is 1.41. The molecule has 1 aromatic rings. The minimum absolute atomic E-state index is 0. The fourth-order valence-corrected chi connectivity index (χ4v) is 0.901. The molecule has 0 aliphatic rings. The zero-order chi connectivity index (χ0) is 10.6. The predicted octanol–water partition coefficient (Wildman–Crippen LogP) is 1.58. The second-order valence-corrected chi connectivity index (χ2v) is 2.61. The van der Waals surface area contributed by atoms with Gasteiger partial charge < -0.3 is 10.2 Å². The maximum Gasteiger partial charge on any atom is 0.238 e. The molecule has 3 N–H and O–H groups in total. The average molecular weight is 276 g/mol. The molecule has 0 aliphatic heterocycles. The number of nitro groups is 1. The van der Waals surface area contributed by atoms with Gasteiger partial charge in [-0.2, -0.15) is 0 Å². The van der Waals surface area contributed by atoms with E-state index in [4.69, 9.17) is 15.6 Å². The minimum Gasteiger partial charge on any atom is -0.461 e. The van der Waals surface area contributed by atoms with Gasteiger partial charge in [0.25, 0.3) is 0 Å². The zero-order valence-electron chi connectivity index (χ0n) is 7.67. The first-order valence-electron chi connectivity index (χ1n) is 3.81. The van der Waals surface area contributed by atoms with Crippen LogP contribution in [-0.4, -0.2) is 10.8 Å². The van der Waals surface area contributed by atoms with Gasteiger partial charge in [-0.05, 0) is 12.1 Å². The van der Waals surface area contributed by atoms with Gasteiger partial charge in [-0.3, -0.25) is 15.5 Å². The van der Waals surface area contributed by atoms with E-state index in [1.165, 1.54) is 6.08 Å². The highest BCUT2D eigenvalue weighted by Gasteiger charge is 2.01. The molecule has 15 heavy (non-hydrogen) atoms. The highest BCUT2D eigenvalue weighted by Crippen LogP contribution is 2.09. The Morgan fingerprint density at radius 1 is 1.67 bits per heavy atom. The van der Waals surface area contributed by atoms with Crippen LogP contribution in [0.2, 0.25) is 0 Å². The molecule has 0 aromatic carbocycles. The van der Waals surface area contributed by atoms with Gasteiger partial charge in [0.05, 0.1) is 23.3 Å². The zero-order valence-corrected chi connectivity index (χ0v) is 9.39. The summed E-state index contributed by atoms with van der Waals surface area (Å²) in [6.07, 6.45) is 2.24. The highest BCUT2D eigenvalue weighted by molar-refractivity contribution is 8.93. The van der Waals surface area contributed by atoms with Crippen molar-refractivity contribution in [2.24, 2.45) is 5.73 Å². The van der Waals surface area contributed by atoms with Crippen molar-refractivity contribution in [2.45, 2.75) is 6.42 Å². The molecule has 0 amide bonds. The lowest BCUT2D eigenvalue weighted by atomic mass is 10.3. The van der Waals surface area contributed by atoms with Crippen LogP contribution in [-0.2, 0) is 6.42 Å². The Kier molecular flexibility index (Phi) is 5.32. The molecule has 0 fully saturated rings. The standard InChI is InChI=1S/C8H9N3O3.BrH/c9-8(10)5-7-2-1-6(14-7)3-4-11(12)13;/h1-4H,5H2,(H3,9,10);1H/b4-3+;. The van der Waals surface area contributed by atoms with E-state index in [1.807, 2.05) is 0 Å². The minimum atomic E-state index is -0.576. The van der Waals surface area contributed by atoms with E-state index in [-0.39, 0.29) is 29.2 Å². The number of nitrogens with zero attached hydrogens (tertiary/aromatic N) is 1. The number of nitrogens with one attached hydrogen (secondary N) is 1. The topological polar surface area (TPSA) is 106 Å².